The zero-order valence-electron chi connectivity index (χ0n) is 23.7. The molecule has 0 unspecified atom stereocenters. The minimum absolute atomic E-state index is 0.0582. The molecule has 0 aliphatic carbocycles. The van der Waals surface area contributed by atoms with Crippen molar-refractivity contribution in [2.24, 2.45) is 0 Å². The Kier molecular flexibility index (Phi) is 11.6. The Balaban J connectivity index is 1.79. The van der Waals surface area contributed by atoms with Gasteiger partial charge in [-0.3, -0.25) is 13.9 Å². The predicted octanol–water partition coefficient (Wildman–Crippen LogP) is 6.57. The first kappa shape index (κ1) is 32.4. The van der Waals surface area contributed by atoms with Crippen LogP contribution in [-0.2, 0) is 32.6 Å². The molecule has 0 aliphatic rings. The monoisotopic (exact) mass is 725 g/mol. The van der Waals surface area contributed by atoms with Gasteiger partial charge in [0.1, 0.15) is 12.6 Å². The molecule has 0 fully saturated rings. The highest BCUT2D eigenvalue weighted by Crippen LogP contribution is 2.27. The lowest BCUT2D eigenvalue weighted by molar-refractivity contribution is -0.140. The lowest BCUT2D eigenvalue weighted by Crippen LogP contribution is -2.53. The zero-order chi connectivity index (χ0) is 30.8. The summed E-state index contributed by atoms with van der Waals surface area (Å²) < 4.78 is 30.6. The third kappa shape index (κ3) is 8.78. The standard InChI is InChI=1S/C33H33Br2N3O4S/c1-2-19-36-33(40)31(21-25-11-5-3-6-12-25)37(23-26-13-9-14-27(34)20-26)32(39)24-38(29-16-10-15-28(35)22-29)43(41,42)30-17-7-4-8-18-30/h3-18,20,22,31H,2,19,21,23-24H2,1H3,(H,36,40)/t31-/m0/s1. The second-order valence-corrected chi connectivity index (χ2v) is 13.6. The van der Waals surface area contributed by atoms with Gasteiger partial charge in [-0.2, -0.15) is 0 Å². The van der Waals surface area contributed by atoms with Gasteiger partial charge in [0.15, 0.2) is 0 Å². The molecule has 0 radical (unpaired) electrons. The van der Waals surface area contributed by atoms with E-state index in [1.165, 1.54) is 17.0 Å². The normalized spacial score (nSPS) is 11.9. The van der Waals surface area contributed by atoms with Crippen molar-refractivity contribution in [1.82, 2.24) is 10.2 Å². The van der Waals surface area contributed by atoms with Gasteiger partial charge in [0.05, 0.1) is 10.6 Å². The molecule has 0 aliphatic heterocycles. The van der Waals surface area contributed by atoms with Crippen molar-refractivity contribution in [3.63, 3.8) is 0 Å². The molecular formula is C33H33Br2N3O4S. The summed E-state index contributed by atoms with van der Waals surface area (Å²) in [5.41, 5.74) is 2.00. The van der Waals surface area contributed by atoms with Crippen molar-refractivity contribution in [2.45, 2.75) is 37.2 Å². The highest BCUT2D eigenvalue weighted by Gasteiger charge is 2.34. The number of hydrogen-bond donors (Lipinski definition) is 1. The molecule has 0 saturated heterocycles. The summed E-state index contributed by atoms with van der Waals surface area (Å²) in [6.07, 6.45) is 0.994. The highest BCUT2D eigenvalue weighted by molar-refractivity contribution is 9.10. The van der Waals surface area contributed by atoms with Gasteiger partial charge in [-0.05, 0) is 60.0 Å². The molecule has 1 atom stereocenters. The molecule has 0 heterocycles. The molecule has 1 N–H and O–H groups in total. The Morgan fingerprint density at radius 2 is 1.40 bits per heavy atom. The van der Waals surface area contributed by atoms with E-state index in [2.05, 4.69) is 37.2 Å². The number of halogens is 2. The van der Waals surface area contributed by atoms with E-state index in [0.29, 0.717) is 16.7 Å². The summed E-state index contributed by atoms with van der Waals surface area (Å²) in [5.74, 6) is -0.805. The fourth-order valence-electron chi connectivity index (χ4n) is 4.63. The number of carbonyl (C=O) groups excluding carboxylic acids is 2. The smallest absolute Gasteiger partial charge is 0.264 e. The Morgan fingerprint density at radius 3 is 2.02 bits per heavy atom. The van der Waals surface area contributed by atoms with Crippen LogP contribution in [0.1, 0.15) is 24.5 Å². The highest BCUT2D eigenvalue weighted by atomic mass is 79.9. The SMILES string of the molecule is CCCNC(=O)[C@H](Cc1ccccc1)N(Cc1cccc(Br)c1)C(=O)CN(c1cccc(Br)c1)S(=O)(=O)c1ccccc1. The molecule has 7 nitrogen and oxygen atoms in total. The summed E-state index contributed by atoms with van der Waals surface area (Å²) >= 11 is 6.93. The van der Waals surface area contributed by atoms with Gasteiger partial charge < -0.3 is 10.2 Å². The number of sulfonamides is 1. The second-order valence-electron chi connectivity index (χ2n) is 9.95. The first-order valence-electron chi connectivity index (χ1n) is 13.9. The van der Waals surface area contributed by atoms with Gasteiger partial charge in [0, 0.05) is 28.5 Å². The molecular weight excluding hydrogens is 694 g/mol. The minimum atomic E-state index is -4.14. The van der Waals surface area contributed by atoms with Crippen molar-refractivity contribution in [2.75, 3.05) is 17.4 Å². The average Bonchev–Trinajstić information content (AvgIpc) is 3.01. The Bertz CT molecular complexity index is 1640. The van der Waals surface area contributed by atoms with Crippen LogP contribution in [0.15, 0.2) is 123 Å². The van der Waals surface area contributed by atoms with Crippen molar-refractivity contribution in [1.29, 1.82) is 0 Å². The molecule has 4 aromatic rings. The van der Waals surface area contributed by atoms with Crippen molar-refractivity contribution < 1.29 is 18.0 Å². The molecule has 224 valence electrons. The topological polar surface area (TPSA) is 86.8 Å². The molecule has 0 aromatic heterocycles. The lowest BCUT2D eigenvalue weighted by atomic mass is 10.0. The van der Waals surface area contributed by atoms with E-state index in [-0.39, 0.29) is 23.8 Å². The van der Waals surface area contributed by atoms with Crippen LogP contribution in [0, 0.1) is 0 Å². The number of rotatable bonds is 13. The van der Waals surface area contributed by atoms with Crippen LogP contribution < -0.4 is 9.62 Å². The van der Waals surface area contributed by atoms with Gasteiger partial charge >= 0.3 is 0 Å². The summed E-state index contributed by atoms with van der Waals surface area (Å²) in [5, 5.41) is 2.95. The number of benzene rings is 4. The third-order valence-corrected chi connectivity index (χ3v) is 9.54. The zero-order valence-corrected chi connectivity index (χ0v) is 27.7. The fraction of sp³-hybridized carbons (Fsp3) is 0.212. The molecule has 10 heteroatoms. The van der Waals surface area contributed by atoms with Crippen LogP contribution in [0.2, 0.25) is 0 Å². The predicted molar refractivity (Wildman–Crippen MR) is 177 cm³/mol. The van der Waals surface area contributed by atoms with E-state index in [1.807, 2.05) is 61.5 Å². The summed E-state index contributed by atoms with van der Waals surface area (Å²) in [4.78, 5) is 29.6. The first-order valence-corrected chi connectivity index (χ1v) is 16.9. The quantitative estimate of drug-likeness (QED) is 0.169. The van der Waals surface area contributed by atoms with E-state index in [4.69, 9.17) is 0 Å². The largest absolute Gasteiger partial charge is 0.354 e. The molecule has 2 amide bonds. The molecule has 4 aromatic carbocycles. The maximum absolute atomic E-state index is 14.4. The van der Waals surface area contributed by atoms with E-state index >= 15 is 0 Å². The summed E-state index contributed by atoms with van der Waals surface area (Å²) in [6.45, 7) is 2.01. The molecule has 0 bridgehead atoms. The Hall–Kier alpha value is -3.47. The Morgan fingerprint density at radius 1 is 0.791 bits per heavy atom. The van der Waals surface area contributed by atoms with Gasteiger partial charge in [0.2, 0.25) is 11.8 Å². The molecule has 0 spiro atoms. The number of nitrogens with one attached hydrogen (secondary N) is 1. The summed E-state index contributed by atoms with van der Waals surface area (Å²) in [7, 11) is -4.14. The van der Waals surface area contributed by atoms with E-state index in [1.54, 1.807) is 42.5 Å². The van der Waals surface area contributed by atoms with Crippen LogP contribution in [0.4, 0.5) is 5.69 Å². The minimum Gasteiger partial charge on any atom is -0.354 e. The van der Waals surface area contributed by atoms with E-state index < -0.39 is 28.5 Å². The van der Waals surface area contributed by atoms with Gasteiger partial charge in [0.25, 0.3) is 10.0 Å². The molecule has 4 rings (SSSR count). The number of amides is 2. The van der Waals surface area contributed by atoms with Crippen LogP contribution in [0.25, 0.3) is 0 Å². The Labute approximate surface area is 270 Å². The van der Waals surface area contributed by atoms with E-state index in [0.717, 1.165) is 26.3 Å². The maximum atomic E-state index is 14.4. The van der Waals surface area contributed by atoms with Crippen molar-refractivity contribution in [3.8, 4) is 0 Å². The maximum Gasteiger partial charge on any atom is 0.264 e. The molecule has 43 heavy (non-hydrogen) atoms. The van der Waals surface area contributed by atoms with Crippen LogP contribution >= 0.6 is 31.9 Å². The number of nitrogens with zero attached hydrogens (tertiary/aromatic N) is 2. The average molecular weight is 728 g/mol. The molecule has 0 saturated carbocycles. The van der Waals surface area contributed by atoms with Crippen LogP contribution in [0.3, 0.4) is 0 Å². The van der Waals surface area contributed by atoms with Crippen LogP contribution in [-0.4, -0.2) is 44.3 Å². The second kappa shape index (κ2) is 15.3. The first-order chi connectivity index (χ1) is 20.7. The van der Waals surface area contributed by atoms with Gasteiger partial charge in [-0.25, -0.2) is 8.42 Å². The lowest BCUT2D eigenvalue weighted by Gasteiger charge is -2.34. The number of anilines is 1. The summed E-state index contributed by atoms with van der Waals surface area (Å²) in [6, 6.07) is 30.9. The van der Waals surface area contributed by atoms with Gasteiger partial charge in [-0.15, -0.1) is 0 Å². The number of hydrogen-bond acceptors (Lipinski definition) is 4. The number of carbonyl (C=O) groups is 2. The van der Waals surface area contributed by atoms with Crippen molar-refractivity contribution >= 4 is 59.4 Å². The van der Waals surface area contributed by atoms with Crippen molar-refractivity contribution in [3.05, 3.63) is 129 Å². The fourth-order valence-corrected chi connectivity index (χ4v) is 6.89. The van der Waals surface area contributed by atoms with Gasteiger partial charge in [-0.1, -0.05) is 106 Å². The van der Waals surface area contributed by atoms with Crippen LogP contribution in [0.5, 0.6) is 0 Å². The van der Waals surface area contributed by atoms with E-state index in [9.17, 15) is 18.0 Å². The third-order valence-electron chi connectivity index (χ3n) is 6.77.